The van der Waals surface area contributed by atoms with Crippen molar-refractivity contribution in [2.45, 2.75) is 38.5 Å². The van der Waals surface area contributed by atoms with Crippen LogP contribution in [0.4, 0.5) is 5.69 Å². The summed E-state index contributed by atoms with van der Waals surface area (Å²) in [6, 6.07) is 15.2. The summed E-state index contributed by atoms with van der Waals surface area (Å²) in [5.74, 6) is 1.43. The minimum Gasteiger partial charge on any atom is -0.280 e. The van der Waals surface area contributed by atoms with Gasteiger partial charge in [-0.25, -0.2) is 8.42 Å². The highest BCUT2D eigenvalue weighted by atomic mass is 32.2. The number of rotatable bonds is 6. The molecule has 0 spiro atoms. The molecule has 0 heterocycles. The van der Waals surface area contributed by atoms with Gasteiger partial charge in [-0.1, -0.05) is 30.3 Å². The second kappa shape index (κ2) is 8.91. The number of sulfonamides is 1. The number of hydrogen-bond acceptors (Lipinski definition) is 4. The summed E-state index contributed by atoms with van der Waals surface area (Å²) < 4.78 is 27.1. The molecule has 6 rings (SSSR count). The molecule has 8 heteroatoms. The summed E-state index contributed by atoms with van der Waals surface area (Å²) in [6.07, 6.45) is 8.03. The van der Waals surface area contributed by atoms with E-state index in [2.05, 4.69) is 15.6 Å². The SMILES string of the molecule is O=C(NNC(=O)C12CC3CC(CC(C3)C1)C2)c1ccc(NS(=O)(=O)/C=C/c2ccccc2)cc1. The smallest absolute Gasteiger partial charge is 0.269 e. The maximum atomic E-state index is 13.0. The normalized spacial score (nSPS) is 27.5. The van der Waals surface area contributed by atoms with Gasteiger partial charge >= 0.3 is 0 Å². The molecule has 0 aliphatic heterocycles. The first kappa shape index (κ1) is 22.7. The number of benzene rings is 2. The Labute approximate surface area is 200 Å². The van der Waals surface area contributed by atoms with Crippen molar-refractivity contribution in [2.75, 3.05) is 4.72 Å². The van der Waals surface area contributed by atoms with Gasteiger partial charge in [0, 0.05) is 11.3 Å². The summed E-state index contributed by atoms with van der Waals surface area (Å²) >= 11 is 0. The molecule has 0 radical (unpaired) electrons. The third-order valence-corrected chi connectivity index (χ3v) is 8.47. The van der Waals surface area contributed by atoms with E-state index in [-0.39, 0.29) is 11.3 Å². The highest BCUT2D eigenvalue weighted by Crippen LogP contribution is 2.60. The van der Waals surface area contributed by atoms with Crippen molar-refractivity contribution in [1.82, 2.24) is 10.9 Å². The first-order valence-corrected chi connectivity index (χ1v) is 13.3. The number of nitrogens with one attached hydrogen (secondary N) is 3. The lowest BCUT2D eigenvalue weighted by atomic mass is 9.49. The molecule has 0 atom stereocenters. The van der Waals surface area contributed by atoms with E-state index in [0.29, 0.717) is 29.0 Å². The first-order valence-electron chi connectivity index (χ1n) is 11.8. The summed E-state index contributed by atoms with van der Waals surface area (Å²) in [5, 5.41) is 1.10. The Morgan fingerprint density at radius 1 is 0.824 bits per heavy atom. The zero-order chi connectivity index (χ0) is 23.8. The van der Waals surface area contributed by atoms with Gasteiger partial charge in [-0.05, 0) is 92.2 Å². The van der Waals surface area contributed by atoms with Crippen molar-refractivity contribution < 1.29 is 18.0 Å². The lowest BCUT2D eigenvalue weighted by molar-refractivity contribution is -0.147. The second-order valence-corrected chi connectivity index (χ2v) is 11.6. The molecule has 178 valence electrons. The van der Waals surface area contributed by atoms with Crippen molar-refractivity contribution in [3.05, 3.63) is 71.1 Å². The van der Waals surface area contributed by atoms with E-state index in [1.165, 1.54) is 49.6 Å². The Bertz CT molecular complexity index is 1170. The average Bonchev–Trinajstić information content (AvgIpc) is 2.81. The van der Waals surface area contributed by atoms with Gasteiger partial charge in [0.15, 0.2) is 0 Å². The van der Waals surface area contributed by atoms with Crippen LogP contribution in [0.15, 0.2) is 60.0 Å². The Hall–Kier alpha value is -3.13. The lowest BCUT2D eigenvalue weighted by Crippen LogP contribution is -2.56. The van der Waals surface area contributed by atoms with E-state index < -0.39 is 15.9 Å². The van der Waals surface area contributed by atoms with Crippen LogP contribution in [0.5, 0.6) is 0 Å². The maximum Gasteiger partial charge on any atom is 0.269 e. The third kappa shape index (κ3) is 4.87. The highest BCUT2D eigenvalue weighted by molar-refractivity contribution is 7.95. The molecule has 4 fully saturated rings. The molecule has 0 unspecified atom stereocenters. The van der Waals surface area contributed by atoms with Gasteiger partial charge in [-0.3, -0.25) is 25.2 Å². The Morgan fingerprint density at radius 2 is 1.41 bits per heavy atom. The van der Waals surface area contributed by atoms with Crippen LogP contribution in [-0.2, 0) is 14.8 Å². The lowest BCUT2D eigenvalue weighted by Gasteiger charge is -2.55. The molecule has 4 saturated carbocycles. The van der Waals surface area contributed by atoms with E-state index >= 15 is 0 Å². The maximum absolute atomic E-state index is 13.0. The molecule has 4 bridgehead atoms. The van der Waals surface area contributed by atoms with Crippen LogP contribution in [0.3, 0.4) is 0 Å². The third-order valence-electron chi connectivity index (χ3n) is 7.46. The van der Waals surface area contributed by atoms with E-state index in [0.717, 1.165) is 30.2 Å². The number of hydrogen-bond donors (Lipinski definition) is 3. The molecule has 3 N–H and O–H groups in total. The van der Waals surface area contributed by atoms with Crippen LogP contribution in [0.1, 0.15) is 54.4 Å². The van der Waals surface area contributed by atoms with Gasteiger partial charge in [-0.2, -0.15) is 0 Å². The number of carbonyl (C=O) groups excluding carboxylic acids is 2. The first-order chi connectivity index (χ1) is 16.3. The fourth-order valence-corrected chi connectivity index (χ4v) is 7.20. The predicted molar refractivity (Wildman–Crippen MR) is 131 cm³/mol. The minimum absolute atomic E-state index is 0.0745. The van der Waals surface area contributed by atoms with E-state index in [1.54, 1.807) is 12.1 Å². The predicted octanol–water partition coefficient (Wildman–Crippen LogP) is 4.08. The molecular weight excluding hydrogens is 450 g/mol. The van der Waals surface area contributed by atoms with Gasteiger partial charge in [0.05, 0.1) is 10.8 Å². The van der Waals surface area contributed by atoms with Crippen LogP contribution >= 0.6 is 0 Å². The van der Waals surface area contributed by atoms with Crippen LogP contribution < -0.4 is 15.6 Å². The molecule has 2 aromatic carbocycles. The average molecular weight is 480 g/mol. The van der Waals surface area contributed by atoms with Crippen LogP contribution in [0, 0.1) is 23.2 Å². The van der Waals surface area contributed by atoms with Crippen LogP contribution in [0.25, 0.3) is 6.08 Å². The van der Waals surface area contributed by atoms with E-state index in [4.69, 9.17) is 0 Å². The van der Waals surface area contributed by atoms with E-state index in [1.807, 2.05) is 18.2 Å². The minimum atomic E-state index is -3.70. The van der Waals surface area contributed by atoms with Gasteiger partial charge in [0.25, 0.3) is 15.9 Å². The standard InChI is InChI=1S/C26H29N3O4S/c30-24(27-28-25(31)26-15-19-12-20(16-26)14-21(13-19)17-26)22-6-8-23(9-7-22)29-34(32,33)11-10-18-4-2-1-3-5-18/h1-11,19-21,29H,12-17H2,(H,27,30)(H,28,31)/b11-10+. The Kier molecular flexibility index (Phi) is 5.93. The molecule has 0 saturated heterocycles. The molecule has 2 amide bonds. The van der Waals surface area contributed by atoms with Crippen LogP contribution in [-0.4, -0.2) is 20.2 Å². The fourth-order valence-electron chi connectivity index (χ4n) is 6.33. The number of carbonyl (C=O) groups is 2. The van der Waals surface area contributed by atoms with E-state index in [9.17, 15) is 18.0 Å². The van der Waals surface area contributed by atoms with Gasteiger partial charge in [0.2, 0.25) is 5.91 Å². The number of amides is 2. The largest absolute Gasteiger partial charge is 0.280 e. The van der Waals surface area contributed by atoms with Gasteiger partial charge < -0.3 is 0 Å². The van der Waals surface area contributed by atoms with Crippen molar-refractivity contribution in [3.63, 3.8) is 0 Å². The topological polar surface area (TPSA) is 104 Å². The van der Waals surface area contributed by atoms with Crippen molar-refractivity contribution in [1.29, 1.82) is 0 Å². The molecular formula is C26H29N3O4S. The summed E-state index contributed by atoms with van der Waals surface area (Å²) in [4.78, 5) is 25.6. The quantitative estimate of drug-likeness (QED) is 0.543. The van der Waals surface area contributed by atoms with Crippen LogP contribution in [0.2, 0.25) is 0 Å². The zero-order valence-electron chi connectivity index (χ0n) is 18.9. The Balaban J connectivity index is 1.16. The van der Waals surface area contributed by atoms with Crippen molar-refractivity contribution in [3.8, 4) is 0 Å². The number of hydrazine groups is 1. The molecule has 2 aromatic rings. The van der Waals surface area contributed by atoms with Crippen molar-refractivity contribution >= 4 is 33.6 Å². The molecule has 4 aliphatic rings. The monoisotopic (exact) mass is 479 g/mol. The molecule has 34 heavy (non-hydrogen) atoms. The molecule has 4 aliphatic carbocycles. The van der Waals surface area contributed by atoms with Gasteiger partial charge in [0.1, 0.15) is 0 Å². The fraction of sp³-hybridized carbons (Fsp3) is 0.385. The second-order valence-electron chi connectivity index (χ2n) is 10.0. The molecule has 0 aromatic heterocycles. The summed E-state index contributed by atoms with van der Waals surface area (Å²) in [7, 11) is -3.70. The van der Waals surface area contributed by atoms with Gasteiger partial charge in [-0.15, -0.1) is 0 Å². The zero-order valence-corrected chi connectivity index (χ0v) is 19.7. The molecule has 7 nitrogen and oxygen atoms in total. The Morgan fingerprint density at radius 3 is 2.00 bits per heavy atom. The summed E-state index contributed by atoms with van der Waals surface area (Å²) in [6.45, 7) is 0. The number of anilines is 1. The summed E-state index contributed by atoms with van der Waals surface area (Å²) in [5.41, 5.74) is 6.31. The van der Waals surface area contributed by atoms with Crippen molar-refractivity contribution in [2.24, 2.45) is 23.2 Å². The highest BCUT2D eigenvalue weighted by Gasteiger charge is 2.54.